The number of thioether (sulfide) groups is 1. The molecule has 0 saturated heterocycles. The average Bonchev–Trinajstić information content (AvgIpc) is 2.17. The highest BCUT2D eigenvalue weighted by atomic mass is 32.2. The molecule has 1 aliphatic rings. The van der Waals surface area contributed by atoms with Gasteiger partial charge >= 0.3 is 0 Å². The molecule has 0 saturated carbocycles. The van der Waals surface area contributed by atoms with E-state index in [1.54, 1.807) is 0 Å². The van der Waals surface area contributed by atoms with Crippen LogP contribution in [0.25, 0.3) is 0 Å². The molecule has 1 aliphatic heterocycles. The fourth-order valence-corrected chi connectivity index (χ4v) is 2.57. The molecule has 1 aromatic rings. The van der Waals surface area contributed by atoms with Crippen molar-refractivity contribution in [1.29, 1.82) is 0 Å². The Labute approximate surface area is 84.0 Å². The third kappa shape index (κ3) is 1.88. The lowest BCUT2D eigenvalue weighted by molar-refractivity contribution is 0.796. The van der Waals surface area contributed by atoms with E-state index in [4.69, 9.17) is 0 Å². The van der Waals surface area contributed by atoms with Crippen LogP contribution in [-0.2, 0) is 6.42 Å². The minimum Gasteiger partial charge on any atom is -0.260 e. The summed E-state index contributed by atoms with van der Waals surface area (Å²) in [6, 6.07) is 2.28. The van der Waals surface area contributed by atoms with Crippen molar-refractivity contribution < 1.29 is 0 Å². The zero-order valence-corrected chi connectivity index (χ0v) is 9.03. The second-order valence-electron chi connectivity index (χ2n) is 3.82. The molecule has 2 heterocycles. The van der Waals surface area contributed by atoms with Gasteiger partial charge in [-0.1, -0.05) is 13.8 Å². The van der Waals surface area contributed by atoms with E-state index in [1.807, 2.05) is 11.8 Å². The van der Waals surface area contributed by atoms with Gasteiger partial charge in [0.1, 0.15) is 0 Å². The van der Waals surface area contributed by atoms with Crippen LogP contribution in [0.4, 0.5) is 0 Å². The monoisotopic (exact) mass is 193 g/mol. The summed E-state index contributed by atoms with van der Waals surface area (Å²) in [6.07, 6.45) is 4.61. The van der Waals surface area contributed by atoms with E-state index in [1.165, 1.54) is 34.7 Å². The number of fused-ring (bicyclic) bond motifs is 1. The molecule has 2 heteroatoms. The van der Waals surface area contributed by atoms with Crippen molar-refractivity contribution in [3.05, 3.63) is 23.5 Å². The van der Waals surface area contributed by atoms with Crippen LogP contribution in [0.3, 0.4) is 0 Å². The number of aromatic nitrogens is 1. The Morgan fingerprint density at radius 3 is 3.08 bits per heavy atom. The summed E-state index contributed by atoms with van der Waals surface area (Å²) in [7, 11) is 0. The highest BCUT2D eigenvalue weighted by Gasteiger charge is 2.11. The van der Waals surface area contributed by atoms with Crippen LogP contribution in [0.1, 0.15) is 37.4 Å². The maximum atomic E-state index is 4.47. The summed E-state index contributed by atoms with van der Waals surface area (Å²) in [5.74, 6) is 1.81. The van der Waals surface area contributed by atoms with Gasteiger partial charge < -0.3 is 0 Å². The van der Waals surface area contributed by atoms with Gasteiger partial charge in [-0.05, 0) is 36.1 Å². The summed E-state index contributed by atoms with van der Waals surface area (Å²) in [5, 5.41) is 0. The largest absolute Gasteiger partial charge is 0.260 e. The summed E-state index contributed by atoms with van der Waals surface area (Å²) in [5.41, 5.74) is 2.75. The first-order chi connectivity index (χ1) is 6.27. The standard InChI is InChI=1S/C11H15NS/c1-8(2)10-6-9-4-3-5-13-11(9)7-12-10/h6-8H,3-5H2,1-2H3. The lowest BCUT2D eigenvalue weighted by atomic mass is 10.0. The van der Waals surface area contributed by atoms with Crippen molar-refractivity contribution in [2.45, 2.75) is 37.5 Å². The second-order valence-corrected chi connectivity index (χ2v) is 4.96. The topological polar surface area (TPSA) is 12.9 Å². The molecule has 1 aromatic heterocycles. The van der Waals surface area contributed by atoms with E-state index in [0.29, 0.717) is 5.92 Å². The molecule has 0 aromatic carbocycles. The van der Waals surface area contributed by atoms with Gasteiger partial charge in [0.2, 0.25) is 0 Å². The van der Waals surface area contributed by atoms with Crippen LogP contribution in [0.2, 0.25) is 0 Å². The molecule has 13 heavy (non-hydrogen) atoms. The van der Waals surface area contributed by atoms with Crippen molar-refractivity contribution in [3.8, 4) is 0 Å². The zero-order chi connectivity index (χ0) is 9.26. The molecular formula is C11H15NS. The van der Waals surface area contributed by atoms with Crippen molar-refractivity contribution >= 4 is 11.8 Å². The number of pyridine rings is 1. The van der Waals surface area contributed by atoms with E-state index in [-0.39, 0.29) is 0 Å². The van der Waals surface area contributed by atoms with Crippen LogP contribution < -0.4 is 0 Å². The maximum Gasteiger partial charge on any atom is 0.0432 e. The average molecular weight is 193 g/mol. The van der Waals surface area contributed by atoms with E-state index in [9.17, 15) is 0 Å². The highest BCUT2D eigenvalue weighted by molar-refractivity contribution is 7.99. The Balaban J connectivity index is 2.35. The van der Waals surface area contributed by atoms with Crippen LogP contribution in [0.15, 0.2) is 17.2 Å². The van der Waals surface area contributed by atoms with Gasteiger partial charge in [0.05, 0.1) is 0 Å². The molecule has 70 valence electrons. The number of aryl methyl sites for hydroxylation is 1. The van der Waals surface area contributed by atoms with Crippen LogP contribution in [-0.4, -0.2) is 10.7 Å². The molecule has 2 rings (SSSR count). The molecule has 0 bridgehead atoms. The summed E-state index contributed by atoms with van der Waals surface area (Å²) in [6.45, 7) is 4.40. The molecule has 0 spiro atoms. The summed E-state index contributed by atoms with van der Waals surface area (Å²) in [4.78, 5) is 5.87. The number of rotatable bonds is 1. The second kappa shape index (κ2) is 3.70. The van der Waals surface area contributed by atoms with Gasteiger partial charge in [-0.15, -0.1) is 11.8 Å². The van der Waals surface area contributed by atoms with Crippen molar-refractivity contribution in [1.82, 2.24) is 4.98 Å². The molecule has 0 aliphatic carbocycles. The predicted octanol–water partition coefficient (Wildman–Crippen LogP) is 3.24. The quantitative estimate of drug-likeness (QED) is 0.679. The van der Waals surface area contributed by atoms with Crippen LogP contribution in [0, 0.1) is 0 Å². The van der Waals surface area contributed by atoms with Gasteiger partial charge in [0, 0.05) is 16.8 Å². The van der Waals surface area contributed by atoms with Gasteiger partial charge in [-0.2, -0.15) is 0 Å². The van der Waals surface area contributed by atoms with E-state index >= 15 is 0 Å². The minimum absolute atomic E-state index is 0.553. The van der Waals surface area contributed by atoms with E-state index in [0.717, 1.165) is 0 Å². The Hall–Kier alpha value is -0.500. The SMILES string of the molecule is CC(C)c1cc2c(cn1)SCCC2. The number of hydrogen-bond donors (Lipinski definition) is 0. The van der Waals surface area contributed by atoms with Gasteiger partial charge in [-0.3, -0.25) is 4.98 Å². The molecular weight excluding hydrogens is 178 g/mol. The summed E-state index contributed by atoms with van der Waals surface area (Å²) < 4.78 is 0. The zero-order valence-electron chi connectivity index (χ0n) is 8.21. The Morgan fingerprint density at radius 1 is 1.46 bits per heavy atom. The molecule has 0 radical (unpaired) electrons. The number of hydrogen-bond acceptors (Lipinski definition) is 2. The molecule has 1 nitrogen and oxygen atoms in total. The maximum absolute atomic E-state index is 4.47. The first kappa shape index (κ1) is 9.07. The normalized spacial score (nSPS) is 15.9. The van der Waals surface area contributed by atoms with Gasteiger partial charge in [0.25, 0.3) is 0 Å². The van der Waals surface area contributed by atoms with E-state index < -0.39 is 0 Å². The third-order valence-electron chi connectivity index (χ3n) is 2.41. The number of nitrogens with zero attached hydrogens (tertiary/aromatic N) is 1. The third-order valence-corrected chi connectivity index (χ3v) is 3.58. The van der Waals surface area contributed by atoms with Crippen molar-refractivity contribution in [2.75, 3.05) is 5.75 Å². The molecule has 0 amide bonds. The van der Waals surface area contributed by atoms with Crippen molar-refractivity contribution in [2.24, 2.45) is 0 Å². The van der Waals surface area contributed by atoms with Crippen molar-refractivity contribution in [3.63, 3.8) is 0 Å². The lowest BCUT2D eigenvalue weighted by Gasteiger charge is -2.16. The molecule has 0 fully saturated rings. The molecule has 0 atom stereocenters. The first-order valence-corrected chi connectivity index (χ1v) is 5.87. The van der Waals surface area contributed by atoms with Gasteiger partial charge in [0.15, 0.2) is 0 Å². The highest BCUT2D eigenvalue weighted by Crippen LogP contribution is 2.30. The lowest BCUT2D eigenvalue weighted by Crippen LogP contribution is -2.02. The Bertz CT molecular complexity index is 307. The summed E-state index contributed by atoms with van der Waals surface area (Å²) >= 11 is 1.95. The fraction of sp³-hybridized carbons (Fsp3) is 0.545. The van der Waals surface area contributed by atoms with Crippen LogP contribution in [0.5, 0.6) is 0 Å². The smallest absolute Gasteiger partial charge is 0.0432 e. The minimum atomic E-state index is 0.553. The fourth-order valence-electron chi connectivity index (χ4n) is 1.59. The van der Waals surface area contributed by atoms with Gasteiger partial charge in [-0.25, -0.2) is 0 Å². The van der Waals surface area contributed by atoms with E-state index in [2.05, 4.69) is 31.1 Å². The predicted molar refractivity (Wildman–Crippen MR) is 57.4 cm³/mol. The first-order valence-electron chi connectivity index (χ1n) is 4.89. The Morgan fingerprint density at radius 2 is 2.31 bits per heavy atom. The Kier molecular flexibility index (Phi) is 2.58. The molecule has 0 N–H and O–H groups in total. The van der Waals surface area contributed by atoms with Crippen LogP contribution >= 0.6 is 11.8 Å². The molecule has 0 unspecified atom stereocenters.